The second-order valence-corrected chi connectivity index (χ2v) is 3.80. The third kappa shape index (κ3) is 2.15. The highest BCUT2D eigenvalue weighted by Crippen LogP contribution is 2.18. The third-order valence-corrected chi connectivity index (χ3v) is 2.52. The van der Waals surface area contributed by atoms with Crippen LogP contribution >= 0.6 is 11.6 Å². The van der Waals surface area contributed by atoms with Crippen molar-refractivity contribution in [2.24, 2.45) is 0 Å². The fraction of sp³-hybridized carbons (Fsp3) is 0.0909. The van der Waals surface area contributed by atoms with Gasteiger partial charge in [-0.1, -0.05) is 17.7 Å². The Kier molecular flexibility index (Phi) is 2.80. The predicted molar refractivity (Wildman–Crippen MR) is 61.9 cm³/mol. The molecule has 0 aliphatic heterocycles. The first-order valence-electron chi connectivity index (χ1n) is 4.65. The molecule has 0 bridgehead atoms. The first-order valence-corrected chi connectivity index (χ1v) is 5.03. The monoisotopic (exact) mass is 232 g/mol. The highest BCUT2D eigenvalue weighted by Gasteiger charge is 2.03. The van der Waals surface area contributed by atoms with E-state index in [9.17, 15) is 0 Å². The number of rotatable bonds is 2. The number of benzene rings is 1. The Morgan fingerprint density at radius 1 is 1.50 bits per heavy atom. The second kappa shape index (κ2) is 4.25. The van der Waals surface area contributed by atoms with Crippen molar-refractivity contribution in [1.29, 1.82) is 5.26 Å². The summed E-state index contributed by atoms with van der Waals surface area (Å²) >= 11 is 6.04. The molecule has 80 valence electrons. The summed E-state index contributed by atoms with van der Waals surface area (Å²) in [5.41, 5.74) is 7.63. The molecular weight excluding hydrogens is 224 g/mol. The molecule has 2 aromatic rings. The Balaban J connectivity index is 2.26. The predicted octanol–water partition coefficient (Wildman–Crippen LogP) is 2.04. The summed E-state index contributed by atoms with van der Waals surface area (Å²) in [6.45, 7) is 0.543. The van der Waals surface area contributed by atoms with Crippen LogP contribution in [0.2, 0.25) is 5.02 Å². The number of nitrogens with two attached hydrogens (primary N) is 1. The Labute approximate surface area is 97.9 Å². The van der Waals surface area contributed by atoms with Gasteiger partial charge in [0.15, 0.2) is 0 Å². The maximum atomic E-state index is 8.70. The molecule has 2 rings (SSSR count). The van der Waals surface area contributed by atoms with E-state index in [1.165, 1.54) is 0 Å². The maximum Gasteiger partial charge on any atom is 0.0992 e. The molecule has 0 fully saturated rings. The normalized spacial score (nSPS) is 10.0. The SMILES string of the molecule is N#Cc1ccc(Cn2cc(N)cn2)c(Cl)c1. The summed E-state index contributed by atoms with van der Waals surface area (Å²) in [5, 5.41) is 13.3. The Morgan fingerprint density at radius 3 is 2.88 bits per heavy atom. The van der Waals surface area contributed by atoms with Crippen LogP contribution in [0.4, 0.5) is 5.69 Å². The summed E-state index contributed by atoms with van der Waals surface area (Å²) in [7, 11) is 0. The average Bonchev–Trinajstić information content (AvgIpc) is 2.67. The lowest BCUT2D eigenvalue weighted by molar-refractivity contribution is 0.687. The van der Waals surface area contributed by atoms with Gasteiger partial charge in [-0.2, -0.15) is 10.4 Å². The highest BCUT2D eigenvalue weighted by molar-refractivity contribution is 6.31. The van der Waals surface area contributed by atoms with Crippen LogP contribution in [0.15, 0.2) is 30.6 Å². The van der Waals surface area contributed by atoms with Crippen molar-refractivity contribution in [2.75, 3.05) is 5.73 Å². The van der Waals surface area contributed by atoms with Crippen molar-refractivity contribution in [3.63, 3.8) is 0 Å². The van der Waals surface area contributed by atoms with Crippen molar-refractivity contribution >= 4 is 17.3 Å². The van der Waals surface area contributed by atoms with Crippen LogP contribution in [0.1, 0.15) is 11.1 Å². The van der Waals surface area contributed by atoms with E-state index in [4.69, 9.17) is 22.6 Å². The molecule has 1 aromatic carbocycles. The van der Waals surface area contributed by atoms with E-state index in [1.54, 1.807) is 29.2 Å². The van der Waals surface area contributed by atoms with Crippen LogP contribution in [-0.4, -0.2) is 9.78 Å². The van der Waals surface area contributed by atoms with Crippen molar-refractivity contribution in [1.82, 2.24) is 9.78 Å². The van der Waals surface area contributed by atoms with Gasteiger partial charge >= 0.3 is 0 Å². The summed E-state index contributed by atoms with van der Waals surface area (Å²) in [6.07, 6.45) is 3.31. The lowest BCUT2D eigenvalue weighted by Crippen LogP contribution is -2.00. The van der Waals surface area contributed by atoms with Crippen LogP contribution in [0.3, 0.4) is 0 Å². The van der Waals surface area contributed by atoms with E-state index < -0.39 is 0 Å². The van der Waals surface area contributed by atoms with Gasteiger partial charge in [-0.05, 0) is 17.7 Å². The number of nitrogen functional groups attached to an aromatic ring is 1. The number of halogens is 1. The van der Waals surface area contributed by atoms with Gasteiger partial charge in [0.05, 0.1) is 30.1 Å². The quantitative estimate of drug-likeness (QED) is 0.862. The minimum atomic E-state index is 0.543. The number of hydrogen-bond donors (Lipinski definition) is 1. The molecule has 0 saturated heterocycles. The molecule has 1 heterocycles. The number of hydrogen-bond acceptors (Lipinski definition) is 3. The second-order valence-electron chi connectivity index (χ2n) is 3.39. The van der Waals surface area contributed by atoms with Crippen molar-refractivity contribution in [2.45, 2.75) is 6.54 Å². The van der Waals surface area contributed by atoms with Gasteiger partial charge in [0, 0.05) is 11.2 Å². The number of nitriles is 1. The first-order chi connectivity index (χ1) is 7.69. The average molecular weight is 233 g/mol. The summed E-state index contributed by atoms with van der Waals surface area (Å²) < 4.78 is 1.70. The van der Waals surface area contributed by atoms with E-state index in [2.05, 4.69) is 5.10 Å². The van der Waals surface area contributed by atoms with Crippen LogP contribution in [0.25, 0.3) is 0 Å². The molecule has 0 aliphatic carbocycles. The minimum Gasteiger partial charge on any atom is -0.396 e. The zero-order valence-corrected chi connectivity index (χ0v) is 9.15. The molecule has 5 heteroatoms. The van der Waals surface area contributed by atoms with Crippen molar-refractivity contribution in [3.8, 4) is 6.07 Å². The number of nitrogens with zero attached hydrogens (tertiary/aromatic N) is 3. The molecular formula is C11H9ClN4. The first kappa shape index (κ1) is 10.5. The highest BCUT2D eigenvalue weighted by atomic mass is 35.5. The lowest BCUT2D eigenvalue weighted by Gasteiger charge is -2.04. The van der Waals surface area contributed by atoms with Gasteiger partial charge in [0.1, 0.15) is 0 Å². The van der Waals surface area contributed by atoms with Crippen LogP contribution < -0.4 is 5.73 Å². The topological polar surface area (TPSA) is 67.6 Å². The molecule has 2 N–H and O–H groups in total. The van der Waals surface area contributed by atoms with Gasteiger partial charge < -0.3 is 5.73 Å². The standard InChI is InChI=1S/C11H9ClN4/c12-11-3-8(4-13)1-2-9(11)6-16-7-10(14)5-15-16/h1-3,5,7H,6,14H2. The van der Waals surface area contributed by atoms with E-state index in [0.717, 1.165) is 5.56 Å². The molecule has 1 aromatic heterocycles. The maximum absolute atomic E-state index is 8.70. The van der Waals surface area contributed by atoms with Crippen LogP contribution in [-0.2, 0) is 6.54 Å². The Hall–Kier alpha value is -1.99. The fourth-order valence-electron chi connectivity index (χ4n) is 1.39. The Morgan fingerprint density at radius 2 is 2.31 bits per heavy atom. The number of aromatic nitrogens is 2. The molecule has 0 spiro atoms. The zero-order valence-electron chi connectivity index (χ0n) is 8.39. The van der Waals surface area contributed by atoms with Crippen LogP contribution in [0, 0.1) is 11.3 Å². The minimum absolute atomic E-state index is 0.543. The summed E-state index contributed by atoms with van der Waals surface area (Å²) in [4.78, 5) is 0. The van der Waals surface area contributed by atoms with Crippen LogP contribution in [0.5, 0.6) is 0 Å². The molecule has 0 atom stereocenters. The summed E-state index contributed by atoms with van der Waals surface area (Å²) in [6, 6.07) is 7.23. The van der Waals surface area contributed by atoms with Gasteiger partial charge in [0.2, 0.25) is 0 Å². The van der Waals surface area contributed by atoms with E-state index in [-0.39, 0.29) is 0 Å². The van der Waals surface area contributed by atoms with Gasteiger partial charge in [0.25, 0.3) is 0 Å². The van der Waals surface area contributed by atoms with E-state index >= 15 is 0 Å². The van der Waals surface area contributed by atoms with E-state index in [0.29, 0.717) is 22.8 Å². The third-order valence-electron chi connectivity index (χ3n) is 2.17. The zero-order chi connectivity index (χ0) is 11.5. The van der Waals surface area contributed by atoms with Crippen molar-refractivity contribution < 1.29 is 0 Å². The molecule has 4 nitrogen and oxygen atoms in total. The molecule has 16 heavy (non-hydrogen) atoms. The van der Waals surface area contributed by atoms with Gasteiger partial charge in [-0.15, -0.1) is 0 Å². The molecule has 0 saturated carbocycles. The molecule has 0 aliphatic rings. The smallest absolute Gasteiger partial charge is 0.0992 e. The Bertz CT molecular complexity index is 553. The van der Waals surface area contributed by atoms with E-state index in [1.807, 2.05) is 12.1 Å². The lowest BCUT2D eigenvalue weighted by atomic mass is 10.1. The molecule has 0 amide bonds. The van der Waals surface area contributed by atoms with Gasteiger partial charge in [-0.3, -0.25) is 4.68 Å². The van der Waals surface area contributed by atoms with Crippen molar-refractivity contribution in [3.05, 3.63) is 46.7 Å². The molecule has 0 radical (unpaired) electrons. The summed E-state index contributed by atoms with van der Waals surface area (Å²) in [5.74, 6) is 0. The molecule has 0 unspecified atom stereocenters. The largest absolute Gasteiger partial charge is 0.396 e. The number of anilines is 1. The fourth-order valence-corrected chi connectivity index (χ4v) is 1.63. The van der Waals surface area contributed by atoms with Gasteiger partial charge in [-0.25, -0.2) is 0 Å².